The number of carbonyl (C=O) groups excluding carboxylic acids is 2. The molecule has 2 aliphatic rings. The summed E-state index contributed by atoms with van der Waals surface area (Å²) >= 11 is 0. The summed E-state index contributed by atoms with van der Waals surface area (Å²) in [6, 6.07) is 14.0. The summed E-state index contributed by atoms with van der Waals surface area (Å²) in [4.78, 5) is 28.2. The summed E-state index contributed by atoms with van der Waals surface area (Å²) in [6.07, 6.45) is 7.33. The number of piperidine rings is 1. The van der Waals surface area contributed by atoms with E-state index in [1.54, 1.807) is 24.3 Å². The predicted molar refractivity (Wildman–Crippen MR) is 124 cm³/mol. The fraction of sp³-hybridized carbons (Fsp3) is 0.462. The molecule has 0 aromatic heterocycles. The Bertz CT molecular complexity index is 925. The van der Waals surface area contributed by atoms with Crippen LogP contribution in [0.4, 0.5) is 10.1 Å². The van der Waals surface area contributed by atoms with Crippen LogP contribution in [-0.4, -0.2) is 35.8 Å². The molecule has 0 bridgehead atoms. The van der Waals surface area contributed by atoms with Gasteiger partial charge < -0.3 is 10.6 Å². The Hall–Kier alpha value is -2.73. The Morgan fingerprint density at radius 2 is 1.69 bits per heavy atom. The number of anilines is 1. The summed E-state index contributed by atoms with van der Waals surface area (Å²) in [5.41, 5.74) is 2.13. The van der Waals surface area contributed by atoms with Gasteiger partial charge in [0, 0.05) is 19.1 Å². The van der Waals surface area contributed by atoms with Crippen LogP contribution in [0.25, 0.3) is 0 Å². The molecule has 1 saturated carbocycles. The molecule has 1 atom stereocenters. The lowest BCUT2D eigenvalue weighted by atomic mass is 9.95. The van der Waals surface area contributed by atoms with Crippen molar-refractivity contribution in [2.24, 2.45) is 5.92 Å². The number of nitrogens with zero attached hydrogens (tertiary/aromatic N) is 1. The number of rotatable bonds is 6. The molecule has 4 rings (SSSR count). The molecule has 1 saturated heterocycles. The Balaban J connectivity index is 1.36. The van der Waals surface area contributed by atoms with E-state index in [-0.39, 0.29) is 29.6 Å². The lowest BCUT2D eigenvalue weighted by molar-refractivity contribution is -0.121. The van der Waals surface area contributed by atoms with E-state index < -0.39 is 0 Å². The van der Waals surface area contributed by atoms with Crippen molar-refractivity contribution in [3.05, 3.63) is 65.5 Å². The van der Waals surface area contributed by atoms with Crippen molar-refractivity contribution in [3.63, 3.8) is 0 Å². The molecule has 2 N–H and O–H groups in total. The van der Waals surface area contributed by atoms with Gasteiger partial charge in [0.25, 0.3) is 5.91 Å². The van der Waals surface area contributed by atoms with Crippen molar-refractivity contribution < 1.29 is 14.0 Å². The minimum atomic E-state index is -0.240. The Labute approximate surface area is 189 Å². The molecule has 1 aliphatic carbocycles. The summed E-state index contributed by atoms with van der Waals surface area (Å²) < 4.78 is 13.2. The number of amides is 2. The van der Waals surface area contributed by atoms with Gasteiger partial charge in [-0.3, -0.25) is 14.5 Å². The van der Waals surface area contributed by atoms with Gasteiger partial charge in [0.05, 0.1) is 17.2 Å². The molecule has 32 heavy (non-hydrogen) atoms. The highest BCUT2D eigenvalue weighted by Crippen LogP contribution is 2.23. The molecule has 1 heterocycles. The van der Waals surface area contributed by atoms with Gasteiger partial charge in [-0.25, -0.2) is 4.39 Å². The zero-order valence-corrected chi connectivity index (χ0v) is 18.5. The highest BCUT2D eigenvalue weighted by atomic mass is 19.1. The second kappa shape index (κ2) is 10.7. The highest BCUT2D eigenvalue weighted by molar-refractivity contribution is 6.04. The SMILES string of the molecule is O=C(NC1CCCCC1)c1ccccc1NC(=O)[C@H]1CCCN(Cc2ccc(F)cc2)C1. The fourth-order valence-electron chi connectivity index (χ4n) is 4.80. The molecule has 2 aromatic rings. The Morgan fingerprint density at radius 1 is 0.938 bits per heavy atom. The van der Waals surface area contributed by atoms with Crippen molar-refractivity contribution in [2.45, 2.75) is 57.5 Å². The van der Waals surface area contributed by atoms with E-state index in [0.29, 0.717) is 24.3 Å². The van der Waals surface area contributed by atoms with Gasteiger partial charge in [-0.2, -0.15) is 0 Å². The van der Waals surface area contributed by atoms with Crippen LogP contribution in [0, 0.1) is 11.7 Å². The van der Waals surface area contributed by atoms with Gasteiger partial charge in [-0.05, 0) is 62.1 Å². The number of hydrogen-bond donors (Lipinski definition) is 2. The maximum absolute atomic E-state index is 13.2. The van der Waals surface area contributed by atoms with Gasteiger partial charge in [0.1, 0.15) is 5.82 Å². The van der Waals surface area contributed by atoms with E-state index in [4.69, 9.17) is 0 Å². The minimum absolute atomic E-state index is 0.0493. The average Bonchev–Trinajstić information content (AvgIpc) is 2.82. The molecule has 6 heteroatoms. The normalized spacial score (nSPS) is 20.0. The third kappa shape index (κ3) is 5.94. The second-order valence-corrected chi connectivity index (χ2v) is 9.04. The zero-order valence-electron chi connectivity index (χ0n) is 18.5. The predicted octanol–water partition coefficient (Wildman–Crippen LogP) is 4.74. The lowest BCUT2D eigenvalue weighted by Crippen LogP contribution is -2.40. The molecular formula is C26H32FN3O2. The maximum Gasteiger partial charge on any atom is 0.253 e. The molecule has 2 amide bonds. The summed E-state index contributed by atoms with van der Waals surface area (Å²) in [7, 11) is 0. The van der Waals surface area contributed by atoms with Crippen LogP contribution in [0.15, 0.2) is 48.5 Å². The average molecular weight is 438 g/mol. The smallest absolute Gasteiger partial charge is 0.253 e. The molecule has 0 unspecified atom stereocenters. The van der Waals surface area contributed by atoms with Crippen LogP contribution >= 0.6 is 0 Å². The largest absolute Gasteiger partial charge is 0.349 e. The number of halogens is 1. The number of likely N-dealkylation sites (tertiary alicyclic amines) is 1. The highest BCUT2D eigenvalue weighted by Gasteiger charge is 2.27. The third-order valence-corrected chi connectivity index (χ3v) is 6.57. The van der Waals surface area contributed by atoms with Gasteiger partial charge in [-0.1, -0.05) is 43.5 Å². The second-order valence-electron chi connectivity index (χ2n) is 9.04. The first kappa shape index (κ1) is 22.5. The van der Waals surface area contributed by atoms with Crippen molar-refractivity contribution in [1.82, 2.24) is 10.2 Å². The lowest BCUT2D eigenvalue weighted by Gasteiger charge is -2.32. The van der Waals surface area contributed by atoms with Crippen LogP contribution in [0.1, 0.15) is 60.9 Å². The van der Waals surface area contributed by atoms with E-state index in [2.05, 4.69) is 15.5 Å². The van der Waals surface area contributed by atoms with E-state index in [1.807, 2.05) is 12.1 Å². The van der Waals surface area contributed by atoms with Crippen molar-refractivity contribution in [2.75, 3.05) is 18.4 Å². The van der Waals surface area contributed by atoms with Gasteiger partial charge in [0.15, 0.2) is 0 Å². The van der Waals surface area contributed by atoms with Crippen LogP contribution < -0.4 is 10.6 Å². The number of nitrogens with one attached hydrogen (secondary N) is 2. The van der Waals surface area contributed by atoms with Crippen LogP contribution in [0.5, 0.6) is 0 Å². The van der Waals surface area contributed by atoms with Crippen LogP contribution in [0.3, 0.4) is 0 Å². The van der Waals surface area contributed by atoms with E-state index in [1.165, 1.54) is 18.6 Å². The summed E-state index contributed by atoms with van der Waals surface area (Å²) in [6.45, 7) is 2.27. The monoisotopic (exact) mass is 437 g/mol. The molecule has 0 spiro atoms. The first-order chi connectivity index (χ1) is 15.6. The standard InChI is InChI=1S/C26H32FN3O2/c27-21-14-12-19(13-15-21)17-30-16-6-7-20(18-30)25(31)29-24-11-5-4-10-23(24)26(32)28-22-8-2-1-3-9-22/h4-5,10-15,20,22H,1-3,6-9,16-18H2,(H,28,32)(H,29,31)/t20-/m0/s1. The summed E-state index contributed by atoms with van der Waals surface area (Å²) in [5, 5.41) is 6.16. The zero-order chi connectivity index (χ0) is 22.3. The van der Waals surface area contributed by atoms with Gasteiger partial charge in [-0.15, -0.1) is 0 Å². The molecule has 0 radical (unpaired) electrons. The van der Waals surface area contributed by atoms with Crippen LogP contribution in [0.2, 0.25) is 0 Å². The van der Waals surface area contributed by atoms with E-state index in [0.717, 1.165) is 50.6 Å². The molecule has 5 nitrogen and oxygen atoms in total. The maximum atomic E-state index is 13.2. The first-order valence-corrected chi connectivity index (χ1v) is 11.8. The van der Waals surface area contributed by atoms with Gasteiger partial charge >= 0.3 is 0 Å². The molecule has 170 valence electrons. The van der Waals surface area contributed by atoms with Crippen molar-refractivity contribution >= 4 is 17.5 Å². The van der Waals surface area contributed by atoms with E-state index in [9.17, 15) is 14.0 Å². The van der Waals surface area contributed by atoms with E-state index >= 15 is 0 Å². The number of para-hydroxylation sites is 1. The number of benzene rings is 2. The minimum Gasteiger partial charge on any atom is -0.349 e. The number of hydrogen-bond acceptors (Lipinski definition) is 3. The number of carbonyl (C=O) groups is 2. The summed E-state index contributed by atoms with van der Waals surface area (Å²) in [5.74, 6) is -0.546. The molecule has 2 fully saturated rings. The fourth-order valence-corrected chi connectivity index (χ4v) is 4.80. The van der Waals surface area contributed by atoms with Crippen LogP contribution in [-0.2, 0) is 11.3 Å². The third-order valence-electron chi connectivity index (χ3n) is 6.57. The Morgan fingerprint density at radius 3 is 2.47 bits per heavy atom. The Kier molecular flexibility index (Phi) is 7.53. The molecule has 2 aromatic carbocycles. The molecule has 1 aliphatic heterocycles. The quantitative estimate of drug-likeness (QED) is 0.686. The molecular weight excluding hydrogens is 405 g/mol. The van der Waals surface area contributed by atoms with Crippen molar-refractivity contribution in [3.8, 4) is 0 Å². The van der Waals surface area contributed by atoms with Crippen molar-refractivity contribution in [1.29, 1.82) is 0 Å². The first-order valence-electron chi connectivity index (χ1n) is 11.8. The topological polar surface area (TPSA) is 61.4 Å². The van der Waals surface area contributed by atoms with Gasteiger partial charge in [0.2, 0.25) is 5.91 Å².